The van der Waals surface area contributed by atoms with Gasteiger partial charge in [0, 0.05) is 21.8 Å². The quantitative estimate of drug-likeness (QED) is 0.620. The van der Waals surface area contributed by atoms with Gasteiger partial charge in [0.25, 0.3) is 5.91 Å². The van der Waals surface area contributed by atoms with Gasteiger partial charge in [0.2, 0.25) is 0 Å². The first-order chi connectivity index (χ1) is 10.9. The van der Waals surface area contributed by atoms with Crippen molar-refractivity contribution in [2.45, 2.75) is 13.8 Å². The smallest absolute Gasteiger partial charge is 0.311 e. The summed E-state index contributed by atoms with van der Waals surface area (Å²) in [6.45, 7) is 3.98. The lowest BCUT2D eigenvalue weighted by molar-refractivity contribution is -0.385. The molecule has 0 heterocycles. The summed E-state index contributed by atoms with van der Waals surface area (Å²) in [5, 5.41) is 13.8. The van der Waals surface area contributed by atoms with Crippen LogP contribution in [0, 0.1) is 17.0 Å². The summed E-state index contributed by atoms with van der Waals surface area (Å²) in [5.41, 5.74) is 1.60. The fourth-order valence-electron chi connectivity index (χ4n) is 1.95. The SMILES string of the molecule is CCOc1ccc(C(=O)Nc2ccc(C)c(Br)c2)cc1[N+](=O)[O-]. The fourth-order valence-corrected chi connectivity index (χ4v) is 2.33. The summed E-state index contributed by atoms with van der Waals surface area (Å²) in [6.07, 6.45) is 0. The van der Waals surface area contributed by atoms with Crippen LogP contribution in [0.5, 0.6) is 5.75 Å². The molecule has 23 heavy (non-hydrogen) atoms. The summed E-state index contributed by atoms with van der Waals surface area (Å²) < 4.78 is 6.07. The minimum Gasteiger partial charge on any atom is -0.487 e. The Morgan fingerprint density at radius 1 is 1.30 bits per heavy atom. The Balaban J connectivity index is 2.26. The maximum atomic E-state index is 12.3. The first-order valence-electron chi connectivity index (χ1n) is 6.91. The number of nitro groups is 1. The van der Waals surface area contributed by atoms with Crippen LogP contribution in [-0.2, 0) is 0 Å². The second kappa shape index (κ2) is 7.23. The maximum absolute atomic E-state index is 12.3. The number of carbonyl (C=O) groups is 1. The second-order valence-corrected chi connectivity index (χ2v) is 5.65. The molecule has 0 aliphatic carbocycles. The third-order valence-electron chi connectivity index (χ3n) is 3.15. The van der Waals surface area contributed by atoms with E-state index in [2.05, 4.69) is 21.2 Å². The number of ether oxygens (including phenoxy) is 1. The zero-order chi connectivity index (χ0) is 17.0. The molecule has 2 rings (SSSR count). The van der Waals surface area contributed by atoms with Gasteiger partial charge >= 0.3 is 5.69 Å². The number of nitrogens with zero attached hydrogens (tertiary/aromatic N) is 1. The van der Waals surface area contributed by atoms with Crippen LogP contribution in [0.4, 0.5) is 11.4 Å². The zero-order valence-electron chi connectivity index (χ0n) is 12.6. The molecule has 0 aliphatic rings. The van der Waals surface area contributed by atoms with Crippen molar-refractivity contribution in [3.05, 3.63) is 62.1 Å². The number of nitro benzene ring substituents is 1. The molecule has 0 aliphatic heterocycles. The molecule has 7 heteroatoms. The molecule has 0 radical (unpaired) electrons. The van der Waals surface area contributed by atoms with Gasteiger partial charge in [-0.1, -0.05) is 22.0 Å². The molecule has 0 saturated heterocycles. The van der Waals surface area contributed by atoms with Gasteiger partial charge in [0.05, 0.1) is 11.5 Å². The number of benzene rings is 2. The van der Waals surface area contributed by atoms with Crippen LogP contribution in [0.25, 0.3) is 0 Å². The minimum absolute atomic E-state index is 0.145. The van der Waals surface area contributed by atoms with Crippen molar-refractivity contribution in [1.82, 2.24) is 0 Å². The van der Waals surface area contributed by atoms with Crippen LogP contribution in [0.2, 0.25) is 0 Å². The van der Waals surface area contributed by atoms with E-state index in [1.807, 2.05) is 13.0 Å². The Kier molecular flexibility index (Phi) is 5.33. The lowest BCUT2D eigenvalue weighted by atomic mass is 10.1. The van der Waals surface area contributed by atoms with E-state index in [1.54, 1.807) is 19.1 Å². The average molecular weight is 379 g/mol. The van der Waals surface area contributed by atoms with Crippen molar-refractivity contribution in [3.63, 3.8) is 0 Å². The van der Waals surface area contributed by atoms with Crippen molar-refractivity contribution in [1.29, 1.82) is 0 Å². The normalized spacial score (nSPS) is 10.2. The number of amides is 1. The van der Waals surface area contributed by atoms with Crippen molar-refractivity contribution >= 4 is 33.2 Å². The number of halogens is 1. The third-order valence-corrected chi connectivity index (χ3v) is 4.00. The summed E-state index contributed by atoms with van der Waals surface area (Å²) in [4.78, 5) is 22.8. The van der Waals surface area contributed by atoms with Crippen LogP contribution < -0.4 is 10.1 Å². The predicted molar refractivity (Wildman–Crippen MR) is 91.1 cm³/mol. The van der Waals surface area contributed by atoms with Gasteiger partial charge in [-0.15, -0.1) is 0 Å². The van der Waals surface area contributed by atoms with Gasteiger partial charge in [0.1, 0.15) is 0 Å². The molecule has 1 amide bonds. The van der Waals surface area contributed by atoms with Gasteiger partial charge in [-0.2, -0.15) is 0 Å². The molecule has 0 spiro atoms. The minimum atomic E-state index is -0.565. The van der Waals surface area contributed by atoms with Gasteiger partial charge in [0.15, 0.2) is 5.75 Å². The van der Waals surface area contributed by atoms with E-state index in [4.69, 9.17) is 4.74 Å². The molecule has 2 aromatic carbocycles. The molecule has 0 saturated carbocycles. The van der Waals surface area contributed by atoms with E-state index in [9.17, 15) is 14.9 Å². The van der Waals surface area contributed by atoms with Crippen LogP contribution >= 0.6 is 15.9 Å². The zero-order valence-corrected chi connectivity index (χ0v) is 14.2. The van der Waals surface area contributed by atoms with E-state index in [0.29, 0.717) is 12.3 Å². The molecule has 0 atom stereocenters. The van der Waals surface area contributed by atoms with E-state index < -0.39 is 10.8 Å². The standard InChI is InChI=1S/C16H15BrN2O4/c1-3-23-15-7-5-11(8-14(15)19(21)22)16(20)18-12-6-4-10(2)13(17)9-12/h4-9H,3H2,1-2H3,(H,18,20). The third kappa shape index (κ3) is 4.07. The lowest BCUT2D eigenvalue weighted by Crippen LogP contribution is -2.12. The molecular weight excluding hydrogens is 364 g/mol. The van der Waals surface area contributed by atoms with Crippen molar-refractivity contribution in [3.8, 4) is 5.75 Å². The van der Waals surface area contributed by atoms with E-state index in [-0.39, 0.29) is 17.0 Å². The van der Waals surface area contributed by atoms with E-state index >= 15 is 0 Å². The van der Waals surface area contributed by atoms with Crippen molar-refractivity contribution < 1.29 is 14.5 Å². The lowest BCUT2D eigenvalue weighted by Gasteiger charge is -2.09. The maximum Gasteiger partial charge on any atom is 0.311 e. The highest BCUT2D eigenvalue weighted by molar-refractivity contribution is 9.10. The van der Waals surface area contributed by atoms with E-state index in [1.165, 1.54) is 18.2 Å². The highest BCUT2D eigenvalue weighted by Gasteiger charge is 2.18. The molecule has 6 nitrogen and oxygen atoms in total. The number of nitrogens with one attached hydrogen (secondary N) is 1. The molecule has 1 N–H and O–H groups in total. The van der Waals surface area contributed by atoms with Gasteiger partial charge in [-0.05, 0) is 43.7 Å². The Labute approximate surface area is 141 Å². The predicted octanol–water partition coefficient (Wildman–Crippen LogP) is 4.32. The second-order valence-electron chi connectivity index (χ2n) is 4.79. The van der Waals surface area contributed by atoms with Gasteiger partial charge < -0.3 is 10.1 Å². The molecular formula is C16H15BrN2O4. The summed E-state index contributed by atoms with van der Waals surface area (Å²) in [6, 6.07) is 9.54. The first kappa shape index (κ1) is 17.0. The fraction of sp³-hybridized carbons (Fsp3) is 0.188. The molecule has 2 aromatic rings. The molecule has 120 valence electrons. The van der Waals surface area contributed by atoms with Crippen LogP contribution in [-0.4, -0.2) is 17.4 Å². The largest absolute Gasteiger partial charge is 0.487 e. The van der Waals surface area contributed by atoms with Crippen LogP contribution in [0.3, 0.4) is 0 Å². The number of carbonyl (C=O) groups excluding carboxylic acids is 1. The Hall–Kier alpha value is -2.41. The van der Waals surface area contributed by atoms with Crippen LogP contribution in [0.1, 0.15) is 22.8 Å². The summed E-state index contributed by atoms with van der Waals surface area (Å²) >= 11 is 3.39. The van der Waals surface area contributed by atoms with E-state index in [0.717, 1.165) is 10.0 Å². The highest BCUT2D eigenvalue weighted by Crippen LogP contribution is 2.28. The number of rotatable bonds is 5. The van der Waals surface area contributed by atoms with Crippen LogP contribution in [0.15, 0.2) is 40.9 Å². The Bertz CT molecular complexity index is 762. The Morgan fingerprint density at radius 2 is 2.04 bits per heavy atom. The van der Waals surface area contributed by atoms with Crippen molar-refractivity contribution in [2.24, 2.45) is 0 Å². The number of hydrogen-bond donors (Lipinski definition) is 1. The molecule has 0 aromatic heterocycles. The highest BCUT2D eigenvalue weighted by atomic mass is 79.9. The monoisotopic (exact) mass is 378 g/mol. The molecule has 0 unspecified atom stereocenters. The number of anilines is 1. The topological polar surface area (TPSA) is 81.5 Å². The molecule has 0 fully saturated rings. The summed E-state index contributed by atoms with van der Waals surface area (Å²) in [7, 11) is 0. The van der Waals surface area contributed by atoms with Crippen molar-refractivity contribution in [2.75, 3.05) is 11.9 Å². The number of hydrogen-bond acceptors (Lipinski definition) is 4. The summed E-state index contributed by atoms with van der Waals surface area (Å²) in [5.74, 6) is -0.279. The van der Waals surface area contributed by atoms with Gasteiger partial charge in [-0.25, -0.2) is 0 Å². The Morgan fingerprint density at radius 3 is 2.65 bits per heavy atom. The number of aryl methyl sites for hydroxylation is 1. The molecule has 0 bridgehead atoms. The average Bonchev–Trinajstić information content (AvgIpc) is 2.51. The first-order valence-corrected chi connectivity index (χ1v) is 7.70. The van der Waals surface area contributed by atoms with Gasteiger partial charge in [-0.3, -0.25) is 14.9 Å².